The predicted octanol–water partition coefficient (Wildman–Crippen LogP) is 1.43. The summed E-state index contributed by atoms with van der Waals surface area (Å²) >= 11 is 0. The van der Waals surface area contributed by atoms with Gasteiger partial charge in [-0.2, -0.15) is 0 Å². The summed E-state index contributed by atoms with van der Waals surface area (Å²) < 4.78 is 0. The Balaban J connectivity index is 1.19. The van der Waals surface area contributed by atoms with E-state index >= 15 is 0 Å². The summed E-state index contributed by atoms with van der Waals surface area (Å²) in [6, 6.07) is 9.44. The van der Waals surface area contributed by atoms with Crippen molar-refractivity contribution in [2.75, 3.05) is 45.8 Å². The zero-order chi connectivity index (χ0) is 22.3. The Morgan fingerprint density at radius 2 is 1.78 bits per heavy atom. The lowest BCUT2D eigenvalue weighted by atomic mass is 9.81. The number of nitrogens with one attached hydrogen (secondary N) is 1. The van der Waals surface area contributed by atoms with Crippen LogP contribution in [0.1, 0.15) is 60.9 Å². The highest BCUT2D eigenvalue weighted by molar-refractivity contribution is 5.94. The van der Waals surface area contributed by atoms with E-state index in [9.17, 15) is 14.7 Å². The van der Waals surface area contributed by atoms with Gasteiger partial charge in [-0.25, -0.2) is 0 Å². The number of carbonyl (C=O) groups excluding carboxylic acids is 2. The summed E-state index contributed by atoms with van der Waals surface area (Å²) in [6.45, 7) is 7.59. The highest BCUT2D eigenvalue weighted by Crippen LogP contribution is 2.37. The largest absolute Gasteiger partial charge is 0.380 e. The van der Waals surface area contributed by atoms with Crippen molar-refractivity contribution >= 4 is 11.8 Å². The summed E-state index contributed by atoms with van der Waals surface area (Å²) in [6.07, 6.45) is 4.85. The van der Waals surface area contributed by atoms with Gasteiger partial charge in [0, 0.05) is 50.4 Å². The molecule has 7 nitrogen and oxygen atoms in total. The number of rotatable bonds is 4. The fourth-order valence-electron chi connectivity index (χ4n) is 5.84. The van der Waals surface area contributed by atoms with Crippen LogP contribution in [-0.4, -0.2) is 95.1 Å². The van der Waals surface area contributed by atoms with E-state index in [2.05, 4.69) is 29.3 Å². The molecule has 1 saturated carbocycles. The van der Waals surface area contributed by atoms with Crippen molar-refractivity contribution in [1.29, 1.82) is 0 Å². The molecule has 3 aliphatic heterocycles. The number of hydrogen-bond donors (Lipinski definition) is 2. The van der Waals surface area contributed by atoms with Gasteiger partial charge in [0.1, 0.15) is 5.60 Å². The van der Waals surface area contributed by atoms with Crippen LogP contribution in [0, 0.1) is 0 Å². The van der Waals surface area contributed by atoms with E-state index in [4.69, 9.17) is 0 Å². The van der Waals surface area contributed by atoms with Crippen molar-refractivity contribution in [2.45, 2.75) is 62.6 Å². The van der Waals surface area contributed by atoms with E-state index in [1.807, 2.05) is 17.0 Å². The van der Waals surface area contributed by atoms with Gasteiger partial charge in [-0.15, -0.1) is 0 Å². The topological polar surface area (TPSA) is 76.1 Å². The predicted molar refractivity (Wildman–Crippen MR) is 123 cm³/mol. The molecule has 1 aliphatic carbocycles. The van der Waals surface area contributed by atoms with E-state index in [1.54, 1.807) is 4.90 Å². The average molecular weight is 441 g/mol. The molecule has 3 heterocycles. The highest BCUT2D eigenvalue weighted by Gasteiger charge is 2.50. The first kappa shape index (κ1) is 21.9. The van der Waals surface area contributed by atoms with Gasteiger partial charge in [0.05, 0.1) is 0 Å². The third-order valence-corrected chi connectivity index (χ3v) is 8.02. The van der Waals surface area contributed by atoms with Crippen molar-refractivity contribution < 1.29 is 14.7 Å². The molecule has 0 radical (unpaired) electrons. The van der Waals surface area contributed by atoms with Crippen molar-refractivity contribution in [3.8, 4) is 0 Å². The molecule has 2 amide bonds. The molecular formula is C25H36N4O3. The smallest absolute Gasteiger partial charge is 0.254 e. The summed E-state index contributed by atoms with van der Waals surface area (Å²) in [5, 5.41) is 13.8. The number of benzene rings is 1. The van der Waals surface area contributed by atoms with Gasteiger partial charge in [0.25, 0.3) is 11.8 Å². The van der Waals surface area contributed by atoms with Crippen LogP contribution in [-0.2, 0) is 4.79 Å². The van der Waals surface area contributed by atoms with Crippen LogP contribution in [0.15, 0.2) is 24.3 Å². The standard InChI is InChI=1S/C25H36N4O3/c1-2-27-17-20(16-21-22(27)4-3-11-26-21)18-5-7-19(8-6-18)23(30)28-12-14-29(15-13-28)24(31)25(32)9-10-25/h5-8,20-22,26,32H,2-4,9-17H2,1H3. The molecule has 0 spiro atoms. The molecule has 4 fully saturated rings. The summed E-state index contributed by atoms with van der Waals surface area (Å²) in [4.78, 5) is 31.5. The van der Waals surface area contributed by atoms with Crippen LogP contribution in [0.4, 0.5) is 0 Å². The maximum absolute atomic E-state index is 13.0. The fourth-order valence-corrected chi connectivity index (χ4v) is 5.84. The second-order valence-electron chi connectivity index (χ2n) is 10.0. The van der Waals surface area contributed by atoms with E-state index in [0.717, 1.165) is 26.1 Å². The first-order valence-electron chi connectivity index (χ1n) is 12.4. The Morgan fingerprint density at radius 3 is 2.44 bits per heavy atom. The van der Waals surface area contributed by atoms with Crippen molar-refractivity contribution in [1.82, 2.24) is 20.0 Å². The van der Waals surface area contributed by atoms with Gasteiger partial charge in [-0.05, 0) is 68.8 Å². The van der Waals surface area contributed by atoms with Gasteiger partial charge in [0.2, 0.25) is 0 Å². The quantitative estimate of drug-likeness (QED) is 0.741. The van der Waals surface area contributed by atoms with Crippen molar-refractivity contribution in [2.24, 2.45) is 0 Å². The Bertz CT molecular complexity index is 837. The van der Waals surface area contributed by atoms with Gasteiger partial charge in [-0.3, -0.25) is 14.5 Å². The number of carbonyl (C=O) groups is 2. The second kappa shape index (κ2) is 8.76. The molecule has 3 saturated heterocycles. The highest BCUT2D eigenvalue weighted by atomic mass is 16.3. The fraction of sp³-hybridized carbons (Fsp3) is 0.680. The number of aliphatic hydroxyl groups is 1. The first-order chi connectivity index (χ1) is 15.5. The third kappa shape index (κ3) is 4.18. The molecule has 1 aromatic carbocycles. The van der Waals surface area contributed by atoms with Gasteiger partial charge in [-0.1, -0.05) is 19.1 Å². The maximum atomic E-state index is 13.0. The Kier molecular flexibility index (Phi) is 5.99. The lowest BCUT2D eigenvalue weighted by Gasteiger charge is -2.47. The molecule has 5 rings (SSSR count). The van der Waals surface area contributed by atoms with Crippen LogP contribution in [0.25, 0.3) is 0 Å². The Hall–Kier alpha value is -1.96. The lowest BCUT2D eigenvalue weighted by molar-refractivity contribution is -0.143. The van der Waals surface area contributed by atoms with Gasteiger partial charge in [0.15, 0.2) is 0 Å². The second-order valence-corrected chi connectivity index (χ2v) is 10.0. The first-order valence-corrected chi connectivity index (χ1v) is 12.4. The number of nitrogens with zero attached hydrogens (tertiary/aromatic N) is 3. The van der Waals surface area contributed by atoms with E-state index < -0.39 is 5.60 Å². The molecule has 3 unspecified atom stereocenters. The number of amides is 2. The molecule has 174 valence electrons. The van der Waals surface area contributed by atoms with Crippen LogP contribution >= 0.6 is 0 Å². The van der Waals surface area contributed by atoms with E-state index in [-0.39, 0.29) is 11.8 Å². The van der Waals surface area contributed by atoms with Crippen LogP contribution in [0.2, 0.25) is 0 Å². The minimum atomic E-state index is -1.12. The number of piperazine rings is 1. The van der Waals surface area contributed by atoms with Crippen molar-refractivity contribution in [3.05, 3.63) is 35.4 Å². The molecule has 7 heteroatoms. The minimum absolute atomic E-state index is 0.0293. The molecule has 1 aromatic rings. The molecule has 32 heavy (non-hydrogen) atoms. The van der Waals surface area contributed by atoms with Crippen LogP contribution in [0.5, 0.6) is 0 Å². The van der Waals surface area contributed by atoms with Gasteiger partial charge < -0.3 is 20.2 Å². The zero-order valence-electron chi connectivity index (χ0n) is 19.1. The molecular weight excluding hydrogens is 404 g/mol. The number of likely N-dealkylation sites (tertiary alicyclic amines) is 1. The monoisotopic (exact) mass is 440 g/mol. The van der Waals surface area contributed by atoms with Crippen molar-refractivity contribution in [3.63, 3.8) is 0 Å². The Labute approximate surface area is 190 Å². The number of piperidine rings is 2. The molecule has 0 bridgehead atoms. The SMILES string of the molecule is CCN1CC(c2ccc(C(=O)N3CCN(C(=O)C4(O)CC4)CC3)cc2)CC2NCCCC21. The lowest BCUT2D eigenvalue weighted by Crippen LogP contribution is -2.58. The molecule has 4 aliphatic rings. The number of fused-ring (bicyclic) bond motifs is 1. The minimum Gasteiger partial charge on any atom is -0.380 e. The summed E-state index contributed by atoms with van der Waals surface area (Å²) in [5.41, 5.74) is 0.909. The molecule has 2 N–H and O–H groups in total. The summed E-state index contributed by atoms with van der Waals surface area (Å²) in [7, 11) is 0. The maximum Gasteiger partial charge on any atom is 0.254 e. The number of likely N-dealkylation sites (N-methyl/N-ethyl adjacent to an activating group) is 1. The van der Waals surface area contributed by atoms with Crippen LogP contribution in [0.3, 0.4) is 0 Å². The molecule has 0 aromatic heterocycles. The van der Waals surface area contributed by atoms with E-state index in [1.165, 1.54) is 18.4 Å². The van der Waals surface area contributed by atoms with Gasteiger partial charge >= 0.3 is 0 Å². The van der Waals surface area contributed by atoms with E-state index in [0.29, 0.717) is 62.6 Å². The normalized spacial score (nSPS) is 30.0. The zero-order valence-corrected chi connectivity index (χ0v) is 19.1. The Morgan fingerprint density at radius 1 is 1.09 bits per heavy atom. The molecule has 3 atom stereocenters. The average Bonchev–Trinajstić information content (AvgIpc) is 3.61. The summed E-state index contributed by atoms with van der Waals surface area (Å²) in [5.74, 6) is 0.354. The third-order valence-electron chi connectivity index (χ3n) is 8.02. The number of hydrogen-bond acceptors (Lipinski definition) is 5. The van der Waals surface area contributed by atoms with Crippen LogP contribution < -0.4 is 5.32 Å².